The van der Waals surface area contributed by atoms with Crippen LogP contribution < -0.4 is 5.32 Å². The summed E-state index contributed by atoms with van der Waals surface area (Å²) in [7, 11) is -3.58. The van der Waals surface area contributed by atoms with Gasteiger partial charge in [0.25, 0.3) is 10.0 Å². The molecule has 0 spiro atoms. The third-order valence-corrected chi connectivity index (χ3v) is 5.92. The highest BCUT2D eigenvalue weighted by molar-refractivity contribution is 7.91. The smallest absolute Gasteiger partial charge is 0.272 e. The minimum atomic E-state index is -3.58. The fourth-order valence-electron chi connectivity index (χ4n) is 1.99. The van der Waals surface area contributed by atoms with E-state index in [9.17, 15) is 13.2 Å². The summed E-state index contributed by atoms with van der Waals surface area (Å²) in [6.45, 7) is 4.39. The molecule has 1 amide bonds. The van der Waals surface area contributed by atoms with Gasteiger partial charge in [-0.15, -0.1) is 10.2 Å². The maximum Gasteiger partial charge on any atom is 0.272 e. The van der Waals surface area contributed by atoms with Crippen molar-refractivity contribution in [2.75, 3.05) is 18.4 Å². The number of nitrogens with one attached hydrogen (secondary N) is 1. The van der Waals surface area contributed by atoms with E-state index in [1.165, 1.54) is 11.2 Å². The van der Waals surface area contributed by atoms with Crippen LogP contribution in [-0.4, -0.2) is 41.9 Å². The van der Waals surface area contributed by atoms with E-state index < -0.39 is 10.0 Å². The lowest BCUT2D eigenvalue weighted by Gasteiger charge is -2.28. The van der Waals surface area contributed by atoms with Crippen LogP contribution in [-0.2, 0) is 14.8 Å². The quantitative estimate of drug-likeness (QED) is 0.838. The molecule has 19 heavy (non-hydrogen) atoms. The average Bonchev–Trinajstić information content (AvgIpc) is 2.77. The van der Waals surface area contributed by atoms with Crippen LogP contribution in [0, 0.1) is 5.92 Å². The zero-order valence-electron chi connectivity index (χ0n) is 10.8. The standard InChI is InChI=1S/C10H16N4O3S2/c1-7-4-3-5-14(6-7)19(16,17)10-13-12-9(18-10)11-8(2)15/h7H,3-6H2,1-2H3,(H,11,12,15)/t7-/m0/s1. The minimum absolute atomic E-state index is 0.0645. The Balaban J connectivity index is 2.19. The Morgan fingerprint density at radius 1 is 1.47 bits per heavy atom. The molecule has 2 rings (SSSR count). The Morgan fingerprint density at radius 3 is 2.84 bits per heavy atom. The van der Waals surface area contributed by atoms with Crippen LogP contribution in [0.4, 0.5) is 5.13 Å². The molecule has 1 aliphatic rings. The summed E-state index contributed by atoms with van der Waals surface area (Å²) in [5, 5.41) is 9.97. The fraction of sp³-hybridized carbons (Fsp3) is 0.700. The minimum Gasteiger partial charge on any atom is -0.301 e. The van der Waals surface area contributed by atoms with Crippen molar-refractivity contribution in [3.63, 3.8) is 0 Å². The van der Waals surface area contributed by atoms with Gasteiger partial charge in [0.15, 0.2) is 0 Å². The van der Waals surface area contributed by atoms with Gasteiger partial charge in [-0.2, -0.15) is 4.31 Å². The molecule has 1 aromatic heterocycles. The molecule has 106 valence electrons. The average molecular weight is 304 g/mol. The summed E-state index contributed by atoms with van der Waals surface area (Å²) in [5.74, 6) is 0.0537. The second-order valence-corrected chi connectivity index (χ2v) is 7.75. The highest BCUT2D eigenvalue weighted by atomic mass is 32.2. The van der Waals surface area contributed by atoms with Crippen molar-refractivity contribution < 1.29 is 13.2 Å². The normalized spacial score (nSPS) is 21.3. The van der Waals surface area contributed by atoms with Crippen molar-refractivity contribution in [1.29, 1.82) is 0 Å². The number of hydrogen-bond acceptors (Lipinski definition) is 6. The fourth-order valence-corrected chi connectivity index (χ4v) is 4.67. The first-order chi connectivity index (χ1) is 8.89. The summed E-state index contributed by atoms with van der Waals surface area (Å²) in [4.78, 5) is 10.9. The number of carbonyl (C=O) groups is 1. The van der Waals surface area contributed by atoms with Crippen molar-refractivity contribution in [2.45, 2.75) is 31.0 Å². The van der Waals surface area contributed by atoms with Gasteiger partial charge in [-0.1, -0.05) is 18.3 Å². The van der Waals surface area contributed by atoms with Gasteiger partial charge in [0.05, 0.1) is 0 Å². The van der Waals surface area contributed by atoms with Gasteiger partial charge < -0.3 is 5.32 Å². The monoisotopic (exact) mass is 304 g/mol. The predicted octanol–water partition coefficient (Wildman–Crippen LogP) is 0.917. The summed E-state index contributed by atoms with van der Waals surface area (Å²) >= 11 is 0.879. The molecule has 0 saturated carbocycles. The zero-order valence-corrected chi connectivity index (χ0v) is 12.4. The van der Waals surface area contributed by atoms with Crippen LogP contribution in [0.3, 0.4) is 0 Å². The van der Waals surface area contributed by atoms with Crippen LogP contribution in [0.15, 0.2) is 4.34 Å². The molecule has 0 aliphatic carbocycles. The molecular weight excluding hydrogens is 288 g/mol. The van der Waals surface area contributed by atoms with E-state index >= 15 is 0 Å². The molecule has 1 aromatic rings. The van der Waals surface area contributed by atoms with E-state index in [4.69, 9.17) is 0 Å². The Labute approximate surface area is 116 Å². The van der Waals surface area contributed by atoms with Crippen molar-refractivity contribution in [2.24, 2.45) is 5.92 Å². The maximum atomic E-state index is 12.4. The molecule has 2 heterocycles. The Kier molecular flexibility index (Phi) is 4.16. The number of amides is 1. The van der Waals surface area contributed by atoms with Gasteiger partial charge in [0, 0.05) is 20.0 Å². The van der Waals surface area contributed by atoms with Crippen molar-refractivity contribution in [1.82, 2.24) is 14.5 Å². The number of carbonyl (C=O) groups excluding carboxylic acids is 1. The largest absolute Gasteiger partial charge is 0.301 e. The van der Waals surface area contributed by atoms with E-state index in [2.05, 4.69) is 15.5 Å². The van der Waals surface area contributed by atoms with Gasteiger partial charge in [0.1, 0.15) is 0 Å². The number of anilines is 1. The van der Waals surface area contributed by atoms with Gasteiger partial charge >= 0.3 is 0 Å². The molecule has 9 heteroatoms. The second kappa shape index (κ2) is 5.51. The lowest BCUT2D eigenvalue weighted by Crippen LogP contribution is -2.39. The lowest BCUT2D eigenvalue weighted by molar-refractivity contribution is -0.114. The van der Waals surface area contributed by atoms with Crippen molar-refractivity contribution in [3.05, 3.63) is 0 Å². The molecule has 0 aromatic carbocycles. The predicted molar refractivity (Wildman–Crippen MR) is 71.4 cm³/mol. The Bertz CT molecular complexity index is 569. The molecule has 1 N–H and O–H groups in total. The number of piperidine rings is 1. The SMILES string of the molecule is CC(=O)Nc1nnc(S(=O)(=O)N2CCC[C@H](C)C2)s1. The third kappa shape index (κ3) is 3.28. The molecule has 0 radical (unpaired) electrons. The number of rotatable bonds is 3. The van der Waals surface area contributed by atoms with Gasteiger partial charge in [-0.3, -0.25) is 4.79 Å². The first kappa shape index (κ1) is 14.4. The highest BCUT2D eigenvalue weighted by Crippen LogP contribution is 2.26. The van der Waals surface area contributed by atoms with Crippen LogP contribution in [0.25, 0.3) is 0 Å². The summed E-state index contributed by atoms with van der Waals surface area (Å²) in [6, 6.07) is 0. The van der Waals surface area contributed by atoms with Gasteiger partial charge in [0.2, 0.25) is 15.4 Å². The maximum absolute atomic E-state index is 12.4. The van der Waals surface area contributed by atoms with E-state index in [-0.39, 0.29) is 15.4 Å². The number of aromatic nitrogens is 2. The third-order valence-electron chi connectivity index (χ3n) is 2.87. The zero-order chi connectivity index (χ0) is 14.0. The van der Waals surface area contributed by atoms with Crippen molar-refractivity contribution >= 4 is 32.4 Å². The van der Waals surface area contributed by atoms with Gasteiger partial charge in [-0.25, -0.2) is 8.42 Å². The van der Waals surface area contributed by atoms with Crippen LogP contribution >= 0.6 is 11.3 Å². The molecule has 1 saturated heterocycles. The first-order valence-electron chi connectivity index (χ1n) is 6.01. The van der Waals surface area contributed by atoms with Crippen LogP contribution in [0.2, 0.25) is 0 Å². The van der Waals surface area contributed by atoms with E-state index in [0.29, 0.717) is 19.0 Å². The summed E-state index contributed by atoms with van der Waals surface area (Å²) in [6.07, 6.45) is 1.90. The Morgan fingerprint density at radius 2 is 2.21 bits per heavy atom. The molecule has 1 aliphatic heterocycles. The van der Waals surface area contributed by atoms with E-state index in [1.807, 2.05) is 6.92 Å². The first-order valence-corrected chi connectivity index (χ1v) is 8.26. The molecule has 0 unspecified atom stereocenters. The molecule has 7 nitrogen and oxygen atoms in total. The van der Waals surface area contributed by atoms with Crippen molar-refractivity contribution in [3.8, 4) is 0 Å². The van der Waals surface area contributed by atoms with E-state index in [0.717, 1.165) is 24.2 Å². The molecule has 0 bridgehead atoms. The number of hydrogen-bond donors (Lipinski definition) is 1. The second-order valence-electron chi connectivity index (χ2n) is 4.66. The highest BCUT2D eigenvalue weighted by Gasteiger charge is 2.31. The topological polar surface area (TPSA) is 92.3 Å². The lowest BCUT2D eigenvalue weighted by atomic mass is 10.0. The molecule has 1 atom stereocenters. The molecule has 1 fully saturated rings. The van der Waals surface area contributed by atoms with Crippen LogP contribution in [0.1, 0.15) is 26.7 Å². The van der Waals surface area contributed by atoms with Gasteiger partial charge in [-0.05, 0) is 18.8 Å². The summed E-state index contributed by atoms with van der Waals surface area (Å²) < 4.78 is 26.1. The number of nitrogens with zero attached hydrogens (tertiary/aromatic N) is 3. The summed E-state index contributed by atoms with van der Waals surface area (Å²) in [5.41, 5.74) is 0. The van der Waals surface area contributed by atoms with Crippen LogP contribution in [0.5, 0.6) is 0 Å². The van der Waals surface area contributed by atoms with E-state index in [1.54, 1.807) is 0 Å². The Hall–Kier alpha value is -1.06. The molecular formula is C10H16N4O3S2. The number of sulfonamides is 1.